The van der Waals surface area contributed by atoms with E-state index in [4.69, 9.17) is 28.9 Å². The monoisotopic (exact) mass is 315 g/mol. The maximum Gasteiger partial charge on any atom is 0.238 e. The van der Waals surface area contributed by atoms with Crippen LogP contribution >= 0.6 is 23.2 Å². The standard InChI is InChI=1S/C14H19Cl2N3O/c15-12-5-4-10(7-13(12)16)18-14(20)9-19-6-2-1-3-11(19)8-17/h4-5,7,11H,1-3,6,8-9,17H2,(H,18,20). The van der Waals surface area contributed by atoms with Gasteiger partial charge >= 0.3 is 0 Å². The molecule has 0 radical (unpaired) electrons. The van der Waals surface area contributed by atoms with Crippen LogP contribution in [0.3, 0.4) is 0 Å². The minimum Gasteiger partial charge on any atom is -0.329 e. The van der Waals surface area contributed by atoms with Crippen molar-refractivity contribution in [1.82, 2.24) is 4.90 Å². The van der Waals surface area contributed by atoms with Crippen LogP contribution in [0.4, 0.5) is 5.69 Å². The number of nitrogens with zero attached hydrogens (tertiary/aromatic N) is 1. The molecule has 1 aliphatic heterocycles. The molecule has 110 valence electrons. The zero-order chi connectivity index (χ0) is 14.5. The number of likely N-dealkylation sites (tertiary alicyclic amines) is 1. The summed E-state index contributed by atoms with van der Waals surface area (Å²) in [6.45, 7) is 1.89. The first-order valence-corrected chi connectivity index (χ1v) is 7.55. The normalized spacial score (nSPS) is 19.9. The smallest absolute Gasteiger partial charge is 0.238 e. The van der Waals surface area contributed by atoms with Crippen molar-refractivity contribution in [2.75, 3.05) is 25.0 Å². The third-order valence-electron chi connectivity index (χ3n) is 3.57. The summed E-state index contributed by atoms with van der Waals surface area (Å²) in [4.78, 5) is 14.2. The van der Waals surface area contributed by atoms with Crippen molar-refractivity contribution in [2.24, 2.45) is 5.73 Å². The van der Waals surface area contributed by atoms with Crippen LogP contribution in [0.25, 0.3) is 0 Å². The van der Waals surface area contributed by atoms with E-state index in [0.29, 0.717) is 34.9 Å². The lowest BCUT2D eigenvalue weighted by Gasteiger charge is -2.34. The molecule has 0 aliphatic carbocycles. The van der Waals surface area contributed by atoms with Crippen LogP contribution in [0, 0.1) is 0 Å². The number of nitrogens with one attached hydrogen (secondary N) is 1. The molecule has 1 aromatic carbocycles. The fraction of sp³-hybridized carbons (Fsp3) is 0.500. The Kier molecular flexibility index (Phi) is 5.66. The molecular weight excluding hydrogens is 297 g/mol. The minimum atomic E-state index is -0.0521. The molecule has 4 nitrogen and oxygen atoms in total. The molecule has 20 heavy (non-hydrogen) atoms. The largest absolute Gasteiger partial charge is 0.329 e. The molecule has 3 N–H and O–H groups in total. The average Bonchev–Trinajstić information content (AvgIpc) is 2.43. The Morgan fingerprint density at radius 2 is 2.15 bits per heavy atom. The number of amides is 1. The van der Waals surface area contributed by atoms with Gasteiger partial charge in [-0.2, -0.15) is 0 Å². The Morgan fingerprint density at radius 1 is 1.35 bits per heavy atom. The predicted molar refractivity (Wildman–Crippen MR) is 83.4 cm³/mol. The zero-order valence-electron chi connectivity index (χ0n) is 11.2. The van der Waals surface area contributed by atoms with E-state index in [9.17, 15) is 4.79 Å². The highest BCUT2D eigenvalue weighted by atomic mass is 35.5. The molecule has 0 aromatic heterocycles. The first kappa shape index (κ1) is 15.6. The number of halogens is 2. The van der Waals surface area contributed by atoms with Crippen LogP contribution in [-0.2, 0) is 4.79 Å². The van der Waals surface area contributed by atoms with E-state index in [-0.39, 0.29) is 5.91 Å². The van der Waals surface area contributed by atoms with Crippen LogP contribution < -0.4 is 11.1 Å². The van der Waals surface area contributed by atoms with E-state index in [0.717, 1.165) is 19.4 Å². The molecule has 1 saturated heterocycles. The lowest BCUT2D eigenvalue weighted by atomic mass is 10.0. The summed E-state index contributed by atoms with van der Waals surface area (Å²) in [6, 6.07) is 5.37. The average molecular weight is 316 g/mol. The Morgan fingerprint density at radius 3 is 2.85 bits per heavy atom. The first-order valence-electron chi connectivity index (χ1n) is 6.79. The predicted octanol–water partition coefficient (Wildman–Crippen LogP) is 2.75. The second kappa shape index (κ2) is 7.27. The Hall–Kier alpha value is -0.810. The Bertz CT molecular complexity index is 481. The fourth-order valence-corrected chi connectivity index (χ4v) is 2.79. The number of carbonyl (C=O) groups excluding carboxylic acids is 1. The molecule has 2 rings (SSSR count). The van der Waals surface area contributed by atoms with Crippen LogP contribution in [0.5, 0.6) is 0 Å². The summed E-state index contributed by atoms with van der Waals surface area (Å²) >= 11 is 11.8. The van der Waals surface area contributed by atoms with Gasteiger partial charge in [0.05, 0.1) is 16.6 Å². The first-order chi connectivity index (χ1) is 9.60. The van der Waals surface area contributed by atoms with Crippen molar-refractivity contribution in [3.8, 4) is 0 Å². The van der Waals surface area contributed by atoms with E-state index in [1.165, 1.54) is 6.42 Å². The quantitative estimate of drug-likeness (QED) is 0.898. The Labute approximate surface area is 129 Å². The molecule has 1 fully saturated rings. The van der Waals surface area contributed by atoms with Gasteiger partial charge in [0.25, 0.3) is 0 Å². The van der Waals surface area contributed by atoms with E-state index in [1.807, 2.05) is 0 Å². The minimum absolute atomic E-state index is 0.0521. The highest BCUT2D eigenvalue weighted by Gasteiger charge is 2.22. The van der Waals surface area contributed by atoms with Gasteiger partial charge in [-0.15, -0.1) is 0 Å². The second-order valence-corrected chi connectivity index (χ2v) is 5.85. The number of hydrogen-bond acceptors (Lipinski definition) is 3. The molecule has 0 bridgehead atoms. The van der Waals surface area contributed by atoms with Crippen molar-refractivity contribution < 1.29 is 4.79 Å². The molecular formula is C14H19Cl2N3O. The van der Waals surface area contributed by atoms with Gasteiger partial charge in [-0.25, -0.2) is 0 Å². The maximum atomic E-state index is 12.1. The molecule has 1 unspecified atom stereocenters. The van der Waals surface area contributed by atoms with Crippen LogP contribution in [0.15, 0.2) is 18.2 Å². The number of carbonyl (C=O) groups is 1. The summed E-state index contributed by atoms with van der Waals surface area (Å²) in [5.41, 5.74) is 6.41. The molecule has 1 amide bonds. The van der Waals surface area contributed by atoms with Crippen molar-refractivity contribution in [3.63, 3.8) is 0 Å². The lowest BCUT2D eigenvalue weighted by Crippen LogP contribution is -2.47. The fourth-order valence-electron chi connectivity index (χ4n) is 2.49. The topological polar surface area (TPSA) is 58.4 Å². The number of hydrogen-bond donors (Lipinski definition) is 2. The van der Waals surface area contributed by atoms with Crippen molar-refractivity contribution >= 4 is 34.8 Å². The number of anilines is 1. The maximum absolute atomic E-state index is 12.1. The third-order valence-corrected chi connectivity index (χ3v) is 4.31. The van der Waals surface area contributed by atoms with Gasteiger partial charge in [0.1, 0.15) is 0 Å². The lowest BCUT2D eigenvalue weighted by molar-refractivity contribution is -0.118. The summed E-state index contributed by atoms with van der Waals surface area (Å²) in [7, 11) is 0. The molecule has 6 heteroatoms. The molecule has 1 aliphatic rings. The van der Waals surface area contributed by atoms with Crippen LogP contribution in [0.1, 0.15) is 19.3 Å². The van der Waals surface area contributed by atoms with Gasteiger partial charge in [0, 0.05) is 18.3 Å². The van der Waals surface area contributed by atoms with Crippen molar-refractivity contribution in [3.05, 3.63) is 28.2 Å². The number of nitrogens with two attached hydrogens (primary N) is 1. The SMILES string of the molecule is NCC1CCCCN1CC(=O)Nc1ccc(Cl)c(Cl)c1. The number of piperidine rings is 1. The summed E-state index contributed by atoms with van der Waals surface area (Å²) < 4.78 is 0. The van der Waals surface area contributed by atoms with Gasteiger partial charge in [-0.3, -0.25) is 9.69 Å². The van der Waals surface area contributed by atoms with Gasteiger partial charge in [0.15, 0.2) is 0 Å². The number of rotatable bonds is 4. The van der Waals surface area contributed by atoms with E-state index >= 15 is 0 Å². The van der Waals surface area contributed by atoms with E-state index < -0.39 is 0 Å². The van der Waals surface area contributed by atoms with Crippen molar-refractivity contribution in [1.29, 1.82) is 0 Å². The van der Waals surface area contributed by atoms with Gasteiger partial charge < -0.3 is 11.1 Å². The molecule has 1 heterocycles. The number of benzene rings is 1. The van der Waals surface area contributed by atoms with Crippen molar-refractivity contribution in [2.45, 2.75) is 25.3 Å². The van der Waals surface area contributed by atoms with E-state index in [1.54, 1.807) is 18.2 Å². The Balaban J connectivity index is 1.92. The summed E-state index contributed by atoms with van der Waals surface area (Å²) in [5, 5.41) is 3.75. The molecule has 0 spiro atoms. The zero-order valence-corrected chi connectivity index (χ0v) is 12.8. The third kappa shape index (κ3) is 4.09. The molecule has 0 saturated carbocycles. The second-order valence-electron chi connectivity index (χ2n) is 5.03. The van der Waals surface area contributed by atoms with Crippen LogP contribution in [0.2, 0.25) is 10.0 Å². The molecule has 1 atom stereocenters. The summed E-state index contributed by atoms with van der Waals surface area (Å²) in [5.74, 6) is -0.0521. The van der Waals surface area contributed by atoms with Gasteiger partial charge in [-0.1, -0.05) is 29.6 Å². The van der Waals surface area contributed by atoms with E-state index in [2.05, 4.69) is 10.2 Å². The highest BCUT2D eigenvalue weighted by Crippen LogP contribution is 2.25. The summed E-state index contributed by atoms with van der Waals surface area (Å²) in [6.07, 6.45) is 3.37. The van der Waals surface area contributed by atoms with Gasteiger partial charge in [0.2, 0.25) is 5.91 Å². The van der Waals surface area contributed by atoms with Gasteiger partial charge in [-0.05, 0) is 37.6 Å². The molecule has 1 aromatic rings. The van der Waals surface area contributed by atoms with Crippen LogP contribution in [-0.4, -0.2) is 36.5 Å². The highest BCUT2D eigenvalue weighted by molar-refractivity contribution is 6.42.